The number of nitrogens with two attached hydrogens (primary N) is 1. The summed E-state index contributed by atoms with van der Waals surface area (Å²) in [7, 11) is 2.06. The molecule has 1 aliphatic rings. The molecule has 0 saturated heterocycles. The molecule has 0 amide bonds. The van der Waals surface area contributed by atoms with Crippen LogP contribution in [0.2, 0.25) is 0 Å². The monoisotopic (exact) mass is 246 g/mol. The first-order valence-electron chi connectivity index (χ1n) is 7.02. The molecule has 1 aliphatic carbocycles. The van der Waals surface area contributed by atoms with E-state index in [1.54, 1.807) is 0 Å². The predicted octanol–water partition coefficient (Wildman–Crippen LogP) is 3.12. The Morgan fingerprint density at radius 1 is 1.33 bits per heavy atom. The van der Waals surface area contributed by atoms with Gasteiger partial charge in [0.1, 0.15) is 0 Å². The highest BCUT2D eigenvalue weighted by atomic mass is 14.9. The van der Waals surface area contributed by atoms with Gasteiger partial charge < -0.3 is 11.1 Å². The van der Waals surface area contributed by atoms with Crippen LogP contribution in [0.15, 0.2) is 18.2 Å². The topological polar surface area (TPSA) is 38.0 Å². The van der Waals surface area contributed by atoms with Crippen molar-refractivity contribution in [3.63, 3.8) is 0 Å². The standard InChI is InChI=1S/C16H26N2/c1-11(2)13-6-5-12(3)14(9-13)15(18-4)16(10-17)7-8-16/h5-6,9,11,15,18H,7-8,10,17H2,1-4H3. The molecule has 1 aromatic rings. The molecule has 2 heteroatoms. The van der Waals surface area contributed by atoms with Gasteiger partial charge in [-0.15, -0.1) is 0 Å². The van der Waals surface area contributed by atoms with Crippen LogP contribution in [0.3, 0.4) is 0 Å². The fourth-order valence-electron chi connectivity index (χ4n) is 2.89. The second-order valence-corrected chi connectivity index (χ2v) is 6.06. The first-order chi connectivity index (χ1) is 8.54. The fourth-order valence-corrected chi connectivity index (χ4v) is 2.89. The molecule has 0 spiro atoms. The summed E-state index contributed by atoms with van der Waals surface area (Å²) in [6.45, 7) is 7.48. The molecule has 18 heavy (non-hydrogen) atoms. The summed E-state index contributed by atoms with van der Waals surface area (Å²) in [6, 6.07) is 7.28. The van der Waals surface area contributed by atoms with Gasteiger partial charge in [0.15, 0.2) is 0 Å². The predicted molar refractivity (Wildman–Crippen MR) is 77.8 cm³/mol. The molecule has 2 rings (SSSR count). The van der Waals surface area contributed by atoms with Gasteiger partial charge >= 0.3 is 0 Å². The van der Waals surface area contributed by atoms with Crippen molar-refractivity contribution in [2.45, 2.75) is 45.6 Å². The molecule has 0 aromatic heterocycles. The number of nitrogens with one attached hydrogen (secondary N) is 1. The summed E-state index contributed by atoms with van der Waals surface area (Å²) in [6.07, 6.45) is 2.50. The van der Waals surface area contributed by atoms with E-state index in [-0.39, 0.29) is 0 Å². The Kier molecular flexibility index (Phi) is 3.79. The molecule has 1 atom stereocenters. The van der Waals surface area contributed by atoms with E-state index < -0.39 is 0 Å². The van der Waals surface area contributed by atoms with Crippen molar-refractivity contribution in [2.24, 2.45) is 11.1 Å². The molecule has 1 saturated carbocycles. The van der Waals surface area contributed by atoms with Gasteiger partial charge in [-0.1, -0.05) is 32.0 Å². The van der Waals surface area contributed by atoms with E-state index >= 15 is 0 Å². The minimum atomic E-state index is 0.301. The zero-order chi connectivity index (χ0) is 13.3. The van der Waals surface area contributed by atoms with Gasteiger partial charge in [0, 0.05) is 11.5 Å². The average molecular weight is 246 g/mol. The zero-order valence-electron chi connectivity index (χ0n) is 12.1. The van der Waals surface area contributed by atoms with Crippen molar-refractivity contribution in [3.05, 3.63) is 34.9 Å². The van der Waals surface area contributed by atoms with E-state index in [0.717, 1.165) is 6.54 Å². The van der Waals surface area contributed by atoms with Crippen molar-refractivity contribution in [2.75, 3.05) is 13.6 Å². The van der Waals surface area contributed by atoms with Gasteiger partial charge in [0.05, 0.1) is 0 Å². The molecule has 0 bridgehead atoms. The molecular formula is C16H26N2. The van der Waals surface area contributed by atoms with Gasteiger partial charge in [0.2, 0.25) is 0 Å². The molecule has 2 nitrogen and oxygen atoms in total. The lowest BCUT2D eigenvalue weighted by atomic mass is 9.85. The maximum absolute atomic E-state index is 5.99. The van der Waals surface area contributed by atoms with E-state index in [0.29, 0.717) is 17.4 Å². The van der Waals surface area contributed by atoms with Crippen LogP contribution in [-0.2, 0) is 0 Å². The quantitative estimate of drug-likeness (QED) is 0.837. The van der Waals surface area contributed by atoms with E-state index in [1.807, 2.05) is 0 Å². The van der Waals surface area contributed by atoms with Gasteiger partial charge in [-0.25, -0.2) is 0 Å². The van der Waals surface area contributed by atoms with Crippen LogP contribution < -0.4 is 11.1 Å². The van der Waals surface area contributed by atoms with Crippen molar-refractivity contribution in [1.29, 1.82) is 0 Å². The van der Waals surface area contributed by atoms with Crippen molar-refractivity contribution >= 4 is 0 Å². The van der Waals surface area contributed by atoms with E-state index in [1.165, 1.54) is 29.5 Å². The van der Waals surface area contributed by atoms with Gasteiger partial charge in [-0.05, 0) is 56.0 Å². The highest BCUT2D eigenvalue weighted by molar-refractivity contribution is 5.37. The number of rotatable bonds is 5. The normalized spacial score (nSPS) is 19.0. The van der Waals surface area contributed by atoms with Crippen LogP contribution in [-0.4, -0.2) is 13.6 Å². The van der Waals surface area contributed by atoms with Crippen LogP contribution >= 0.6 is 0 Å². The summed E-state index contributed by atoms with van der Waals surface area (Å²) < 4.78 is 0. The summed E-state index contributed by atoms with van der Waals surface area (Å²) in [4.78, 5) is 0. The Hall–Kier alpha value is -0.860. The largest absolute Gasteiger partial charge is 0.330 e. The second kappa shape index (κ2) is 5.02. The van der Waals surface area contributed by atoms with E-state index in [4.69, 9.17) is 5.73 Å². The third kappa shape index (κ3) is 2.32. The van der Waals surface area contributed by atoms with Crippen molar-refractivity contribution < 1.29 is 0 Å². The first kappa shape index (κ1) is 13.6. The van der Waals surface area contributed by atoms with Gasteiger partial charge in [0.25, 0.3) is 0 Å². The van der Waals surface area contributed by atoms with Crippen LogP contribution in [0.25, 0.3) is 0 Å². The molecule has 1 aromatic carbocycles. The summed E-state index contributed by atoms with van der Waals surface area (Å²) in [5.41, 5.74) is 10.5. The van der Waals surface area contributed by atoms with E-state index in [9.17, 15) is 0 Å². The minimum Gasteiger partial charge on any atom is -0.330 e. The molecule has 1 unspecified atom stereocenters. The Bertz CT molecular complexity index is 419. The second-order valence-electron chi connectivity index (χ2n) is 6.06. The third-order valence-corrected chi connectivity index (χ3v) is 4.48. The maximum atomic E-state index is 5.99. The fraction of sp³-hybridized carbons (Fsp3) is 0.625. The lowest BCUT2D eigenvalue weighted by Crippen LogP contribution is -2.32. The minimum absolute atomic E-state index is 0.301. The van der Waals surface area contributed by atoms with Crippen LogP contribution in [0.5, 0.6) is 0 Å². The van der Waals surface area contributed by atoms with Crippen LogP contribution in [0.1, 0.15) is 55.3 Å². The Morgan fingerprint density at radius 2 is 2.00 bits per heavy atom. The zero-order valence-corrected chi connectivity index (χ0v) is 12.1. The molecule has 0 aliphatic heterocycles. The highest BCUT2D eigenvalue weighted by Gasteiger charge is 2.48. The number of benzene rings is 1. The van der Waals surface area contributed by atoms with Crippen molar-refractivity contribution in [1.82, 2.24) is 5.32 Å². The van der Waals surface area contributed by atoms with Crippen LogP contribution in [0, 0.1) is 12.3 Å². The summed E-state index contributed by atoms with van der Waals surface area (Å²) in [5, 5.41) is 3.50. The highest BCUT2D eigenvalue weighted by Crippen LogP contribution is 2.54. The maximum Gasteiger partial charge on any atom is 0.0389 e. The molecule has 0 radical (unpaired) electrons. The van der Waals surface area contributed by atoms with Crippen LogP contribution in [0.4, 0.5) is 0 Å². The lowest BCUT2D eigenvalue weighted by Gasteiger charge is -2.28. The molecule has 1 fully saturated rings. The first-order valence-corrected chi connectivity index (χ1v) is 7.02. The Balaban J connectivity index is 2.38. The number of hydrogen-bond donors (Lipinski definition) is 2. The smallest absolute Gasteiger partial charge is 0.0389 e. The Morgan fingerprint density at radius 3 is 2.44 bits per heavy atom. The molecule has 100 valence electrons. The summed E-state index contributed by atoms with van der Waals surface area (Å²) in [5.74, 6) is 0.579. The Labute approximate surface area is 111 Å². The van der Waals surface area contributed by atoms with Crippen molar-refractivity contribution in [3.8, 4) is 0 Å². The summed E-state index contributed by atoms with van der Waals surface area (Å²) >= 11 is 0. The third-order valence-electron chi connectivity index (χ3n) is 4.48. The molecular weight excluding hydrogens is 220 g/mol. The number of hydrogen-bond acceptors (Lipinski definition) is 2. The SMILES string of the molecule is CNC(c1cc(C(C)C)ccc1C)C1(CN)CC1. The van der Waals surface area contributed by atoms with E-state index in [2.05, 4.69) is 51.3 Å². The molecule has 3 N–H and O–H groups in total. The lowest BCUT2D eigenvalue weighted by molar-refractivity contribution is 0.365. The average Bonchev–Trinajstić information content (AvgIpc) is 3.13. The van der Waals surface area contributed by atoms with Gasteiger partial charge in [-0.3, -0.25) is 0 Å². The molecule has 0 heterocycles. The van der Waals surface area contributed by atoms with Gasteiger partial charge in [-0.2, -0.15) is 0 Å². The number of aryl methyl sites for hydroxylation is 1.